The maximum absolute atomic E-state index is 14.0. The van der Waals surface area contributed by atoms with E-state index in [1.54, 1.807) is 0 Å². The van der Waals surface area contributed by atoms with Crippen LogP contribution in [0.3, 0.4) is 0 Å². The molecule has 0 aliphatic carbocycles. The molecule has 0 unspecified atom stereocenters. The number of aromatic hydroxyl groups is 2. The van der Waals surface area contributed by atoms with Gasteiger partial charge in [-0.15, -0.1) is 0 Å². The van der Waals surface area contributed by atoms with Crippen molar-refractivity contribution in [3.63, 3.8) is 0 Å². The standard InChI is InChI=1S/C32H38O20/c33-7-15-19(37)23(41)26(44)30(49-15)46-9-17-21(39)24(42)27(45)32(51-17)52-29-22(40)18-13(36)5-12(47-31-25(43)20(38)16(8-34)50-31)6-14(18)48-28(29)10-1-3-11(35)4-2-10/h1-6,15-17,19-21,23-27,30-39,41-45H,7-9H2/t15-,16+,17-,19-,20+,21+,23+,24+,25-,26-,27-,30-,31-,32+/m1/s1. The van der Waals surface area contributed by atoms with E-state index in [1.165, 1.54) is 24.3 Å². The Morgan fingerprint density at radius 2 is 1.13 bits per heavy atom. The predicted molar refractivity (Wildman–Crippen MR) is 167 cm³/mol. The van der Waals surface area contributed by atoms with Gasteiger partial charge in [0, 0.05) is 17.7 Å². The maximum atomic E-state index is 14.0. The van der Waals surface area contributed by atoms with Crippen molar-refractivity contribution in [2.45, 2.75) is 86.0 Å². The molecule has 0 bridgehead atoms. The monoisotopic (exact) mass is 742 g/mol. The number of fused-ring (bicyclic) bond motifs is 1. The van der Waals surface area contributed by atoms with Crippen LogP contribution in [0.1, 0.15) is 0 Å². The lowest BCUT2D eigenvalue weighted by atomic mass is 9.98. The van der Waals surface area contributed by atoms with Crippen molar-refractivity contribution in [2.75, 3.05) is 19.8 Å². The Morgan fingerprint density at radius 3 is 1.77 bits per heavy atom. The molecule has 0 spiro atoms. The van der Waals surface area contributed by atoms with Crippen LogP contribution in [-0.2, 0) is 18.9 Å². The van der Waals surface area contributed by atoms with Crippen LogP contribution in [0.25, 0.3) is 22.3 Å². The van der Waals surface area contributed by atoms with Gasteiger partial charge >= 0.3 is 0 Å². The summed E-state index contributed by atoms with van der Waals surface area (Å²) in [7, 11) is 0. The summed E-state index contributed by atoms with van der Waals surface area (Å²) in [6.07, 6.45) is -23.3. The van der Waals surface area contributed by atoms with E-state index in [4.69, 9.17) is 32.8 Å². The highest BCUT2D eigenvalue weighted by Crippen LogP contribution is 2.39. The highest BCUT2D eigenvalue weighted by molar-refractivity contribution is 5.88. The van der Waals surface area contributed by atoms with Gasteiger partial charge in [-0.25, -0.2) is 0 Å². The SMILES string of the molecule is O=c1c(O[C@@H]2O[C@H](CO[C@@H]3O[C@H](CO)[C@@H](O)[C@H](O)[C@H]3O)[C@H](O)[C@H](O)[C@H]2O)c(-c2ccc(O)cc2)oc2cc(O[C@@H]3O[C@@H](CO)[C@H](O)[C@H]3O)cc(O)c12. The number of rotatable bonds is 10. The highest BCUT2D eigenvalue weighted by atomic mass is 16.7. The van der Waals surface area contributed by atoms with E-state index < -0.39 is 128 Å². The zero-order valence-electron chi connectivity index (χ0n) is 26.8. The van der Waals surface area contributed by atoms with Crippen molar-refractivity contribution in [1.29, 1.82) is 0 Å². The summed E-state index contributed by atoms with van der Waals surface area (Å²) in [5, 5.41) is 122. The van der Waals surface area contributed by atoms with Crippen LogP contribution in [0.5, 0.6) is 23.0 Å². The second-order valence-corrected chi connectivity index (χ2v) is 12.4. The van der Waals surface area contributed by atoms with Crippen LogP contribution >= 0.6 is 0 Å². The normalized spacial score (nSPS) is 36.6. The van der Waals surface area contributed by atoms with Crippen LogP contribution in [0, 0.1) is 0 Å². The summed E-state index contributed by atoms with van der Waals surface area (Å²) in [5.74, 6) is -2.09. The van der Waals surface area contributed by atoms with Gasteiger partial charge in [0.05, 0.1) is 19.8 Å². The predicted octanol–water partition coefficient (Wildman–Crippen LogP) is -4.31. The van der Waals surface area contributed by atoms with Crippen LogP contribution in [0.15, 0.2) is 45.6 Å². The molecule has 2 aromatic carbocycles. The van der Waals surface area contributed by atoms with Crippen molar-refractivity contribution in [3.8, 4) is 34.3 Å². The Kier molecular flexibility index (Phi) is 11.2. The quantitative estimate of drug-likeness (QED) is 0.0934. The van der Waals surface area contributed by atoms with Gasteiger partial charge in [0.1, 0.15) is 95.4 Å². The average Bonchev–Trinajstić information content (AvgIpc) is 3.39. The minimum atomic E-state index is -2.01. The molecule has 0 amide bonds. The van der Waals surface area contributed by atoms with Gasteiger partial charge < -0.3 is 94.1 Å². The van der Waals surface area contributed by atoms with Crippen molar-refractivity contribution in [1.82, 2.24) is 0 Å². The van der Waals surface area contributed by atoms with Gasteiger partial charge in [0.2, 0.25) is 23.8 Å². The first-order valence-electron chi connectivity index (χ1n) is 15.9. The second-order valence-electron chi connectivity index (χ2n) is 12.4. The molecule has 14 atom stereocenters. The minimum Gasteiger partial charge on any atom is -0.508 e. The molecule has 3 aliphatic heterocycles. The Bertz CT molecular complexity index is 1750. The molecule has 4 heterocycles. The number of ether oxygens (including phenoxy) is 6. The molecule has 12 N–H and O–H groups in total. The third-order valence-corrected chi connectivity index (χ3v) is 8.96. The van der Waals surface area contributed by atoms with Gasteiger partial charge in [-0.2, -0.15) is 0 Å². The lowest BCUT2D eigenvalue weighted by Crippen LogP contribution is -2.62. The van der Waals surface area contributed by atoms with Crippen LogP contribution in [-0.4, -0.2) is 167 Å². The number of aliphatic hydroxyl groups is 10. The molecule has 3 aromatic rings. The molecule has 20 heteroatoms. The maximum Gasteiger partial charge on any atom is 0.239 e. The van der Waals surface area contributed by atoms with E-state index in [9.17, 15) is 66.1 Å². The first kappa shape index (κ1) is 38.0. The summed E-state index contributed by atoms with van der Waals surface area (Å²) in [4.78, 5) is 14.0. The van der Waals surface area contributed by atoms with Gasteiger partial charge in [0.15, 0.2) is 12.1 Å². The van der Waals surface area contributed by atoms with E-state index in [-0.39, 0.29) is 28.4 Å². The van der Waals surface area contributed by atoms with Crippen molar-refractivity contribution < 1.29 is 94.1 Å². The molecule has 52 heavy (non-hydrogen) atoms. The molecule has 1 aromatic heterocycles. The summed E-state index contributed by atoms with van der Waals surface area (Å²) < 4.78 is 39.0. The number of phenolic OH excluding ortho intramolecular Hbond substituents is 2. The van der Waals surface area contributed by atoms with E-state index in [1.807, 2.05) is 0 Å². The smallest absolute Gasteiger partial charge is 0.239 e. The molecule has 0 radical (unpaired) electrons. The highest BCUT2D eigenvalue weighted by Gasteiger charge is 2.48. The minimum absolute atomic E-state index is 0.120. The van der Waals surface area contributed by atoms with Crippen molar-refractivity contribution in [3.05, 3.63) is 46.6 Å². The van der Waals surface area contributed by atoms with Crippen LogP contribution in [0.2, 0.25) is 0 Å². The van der Waals surface area contributed by atoms with E-state index in [2.05, 4.69) is 0 Å². The van der Waals surface area contributed by atoms with Gasteiger partial charge in [-0.3, -0.25) is 4.79 Å². The second kappa shape index (κ2) is 15.3. The topological polar surface area (TPSA) is 328 Å². The molecule has 3 fully saturated rings. The van der Waals surface area contributed by atoms with Crippen LogP contribution < -0.4 is 14.9 Å². The molecule has 6 rings (SSSR count). The zero-order valence-corrected chi connectivity index (χ0v) is 26.8. The van der Waals surface area contributed by atoms with Gasteiger partial charge in [-0.1, -0.05) is 0 Å². The fraction of sp³-hybridized carbons (Fsp3) is 0.531. The third kappa shape index (κ3) is 7.14. The Hall–Kier alpha value is -3.71. The average molecular weight is 743 g/mol. The number of hydrogen-bond acceptors (Lipinski definition) is 20. The van der Waals surface area contributed by atoms with Crippen molar-refractivity contribution in [2.24, 2.45) is 0 Å². The fourth-order valence-corrected chi connectivity index (χ4v) is 6.00. The van der Waals surface area contributed by atoms with E-state index >= 15 is 0 Å². The Labute approximate surface area is 292 Å². The summed E-state index contributed by atoms with van der Waals surface area (Å²) in [6, 6.07) is 7.29. The zero-order chi connectivity index (χ0) is 37.6. The third-order valence-electron chi connectivity index (χ3n) is 8.96. The molecule has 286 valence electrons. The van der Waals surface area contributed by atoms with E-state index in [0.717, 1.165) is 12.1 Å². The molecule has 20 nitrogen and oxygen atoms in total. The Morgan fingerprint density at radius 1 is 0.615 bits per heavy atom. The summed E-state index contributed by atoms with van der Waals surface area (Å²) in [5.41, 5.74) is -1.21. The summed E-state index contributed by atoms with van der Waals surface area (Å²) in [6.45, 7) is -2.07. The first-order valence-corrected chi connectivity index (χ1v) is 15.9. The first-order chi connectivity index (χ1) is 24.7. The molecule has 0 saturated carbocycles. The number of aliphatic hydroxyl groups excluding tert-OH is 10. The molecule has 3 saturated heterocycles. The summed E-state index contributed by atoms with van der Waals surface area (Å²) >= 11 is 0. The largest absolute Gasteiger partial charge is 0.508 e. The van der Waals surface area contributed by atoms with E-state index in [0.29, 0.717) is 0 Å². The number of phenols is 2. The number of benzene rings is 2. The number of hydrogen-bond donors (Lipinski definition) is 12. The van der Waals surface area contributed by atoms with Crippen LogP contribution in [0.4, 0.5) is 0 Å². The molecule has 3 aliphatic rings. The van der Waals surface area contributed by atoms with Gasteiger partial charge in [0.25, 0.3) is 0 Å². The fourth-order valence-electron chi connectivity index (χ4n) is 6.00. The Balaban J connectivity index is 1.31. The van der Waals surface area contributed by atoms with Crippen molar-refractivity contribution >= 4 is 11.0 Å². The lowest BCUT2D eigenvalue weighted by molar-refractivity contribution is -0.323. The lowest BCUT2D eigenvalue weighted by Gasteiger charge is -2.42. The molecular formula is C32H38O20. The molecular weight excluding hydrogens is 704 g/mol. The van der Waals surface area contributed by atoms with Gasteiger partial charge in [-0.05, 0) is 24.3 Å².